The highest BCUT2D eigenvalue weighted by Crippen LogP contribution is 2.33. The van der Waals surface area contributed by atoms with Gasteiger partial charge in [0.15, 0.2) is 0 Å². The number of carbonyl (C=O) groups excluding carboxylic acids is 1. The summed E-state index contributed by atoms with van der Waals surface area (Å²) in [5.74, 6) is -1.67. The Hall–Kier alpha value is -1.25. The number of thioether (sulfide) groups is 1. The summed E-state index contributed by atoms with van der Waals surface area (Å²) >= 11 is 9.38. The lowest BCUT2D eigenvalue weighted by atomic mass is 10.2. The first-order chi connectivity index (χ1) is 10.4. The van der Waals surface area contributed by atoms with Crippen LogP contribution in [0.4, 0.5) is 4.39 Å². The summed E-state index contributed by atoms with van der Waals surface area (Å²) in [6.45, 7) is 0.247. The number of amides is 1. The fraction of sp³-hybridized carbons (Fsp3) is 0.214. The third-order valence-corrected chi connectivity index (χ3v) is 4.77. The molecule has 0 spiro atoms. The Morgan fingerprint density at radius 2 is 2.23 bits per heavy atom. The molecule has 1 saturated heterocycles. The van der Waals surface area contributed by atoms with Crippen LogP contribution in [0.3, 0.4) is 0 Å². The number of carboxylic acid groups (broad SMARTS) is 1. The van der Waals surface area contributed by atoms with Gasteiger partial charge in [0.05, 0.1) is 4.91 Å². The summed E-state index contributed by atoms with van der Waals surface area (Å²) in [5, 5.41) is 8.62. The number of benzene rings is 1. The van der Waals surface area contributed by atoms with E-state index in [1.54, 1.807) is 12.1 Å². The van der Waals surface area contributed by atoms with Crippen LogP contribution < -0.4 is 0 Å². The van der Waals surface area contributed by atoms with Crippen molar-refractivity contribution < 1.29 is 19.1 Å². The molecule has 22 heavy (non-hydrogen) atoms. The van der Waals surface area contributed by atoms with Gasteiger partial charge in [0.2, 0.25) is 0 Å². The molecule has 0 aromatic heterocycles. The molecule has 0 aliphatic carbocycles. The Morgan fingerprint density at radius 1 is 1.50 bits per heavy atom. The Balaban J connectivity index is 2.13. The molecule has 0 radical (unpaired) electrons. The summed E-state index contributed by atoms with van der Waals surface area (Å²) in [6, 6.07) is 4.57. The van der Waals surface area contributed by atoms with Gasteiger partial charge in [-0.15, -0.1) is 0 Å². The molecular weight excluding hydrogens is 393 g/mol. The molecule has 1 amide bonds. The summed E-state index contributed by atoms with van der Waals surface area (Å²) in [5.41, 5.74) is 0.300. The third-order valence-electron chi connectivity index (χ3n) is 2.90. The molecule has 0 bridgehead atoms. The second-order valence-corrected chi connectivity index (χ2v) is 7.09. The lowest BCUT2D eigenvalue weighted by Gasteiger charge is -2.13. The van der Waals surface area contributed by atoms with E-state index in [1.165, 1.54) is 17.0 Å². The summed E-state index contributed by atoms with van der Waals surface area (Å²) in [4.78, 5) is 24.4. The van der Waals surface area contributed by atoms with Gasteiger partial charge in [0.1, 0.15) is 10.1 Å². The van der Waals surface area contributed by atoms with Crippen molar-refractivity contribution in [2.24, 2.45) is 0 Å². The molecule has 1 aromatic rings. The predicted molar refractivity (Wildman–Crippen MR) is 90.8 cm³/mol. The number of hydrogen-bond donors (Lipinski definition) is 1. The first-order valence-corrected chi connectivity index (χ1v) is 8.32. The van der Waals surface area contributed by atoms with Crippen LogP contribution in [0, 0.1) is 5.82 Å². The fourth-order valence-electron chi connectivity index (χ4n) is 1.84. The minimum Gasteiger partial charge on any atom is -0.481 e. The molecule has 1 N–H and O–H groups in total. The molecular formula is C14H11BrFNO3S2. The molecule has 1 aromatic carbocycles. The molecule has 1 aliphatic rings. The number of aliphatic carboxylic acids is 1. The van der Waals surface area contributed by atoms with Crippen LogP contribution in [0.15, 0.2) is 27.6 Å². The molecule has 2 rings (SSSR count). The highest BCUT2D eigenvalue weighted by Gasteiger charge is 2.31. The Morgan fingerprint density at radius 3 is 2.86 bits per heavy atom. The number of thiocarbonyl (C=S) groups is 1. The van der Waals surface area contributed by atoms with Gasteiger partial charge in [0, 0.05) is 23.0 Å². The molecule has 8 heteroatoms. The van der Waals surface area contributed by atoms with Gasteiger partial charge in [-0.3, -0.25) is 14.5 Å². The molecule has 4 nitrogen and oxygen atoms in total. The van der Waals surface area contributed by atoms with Crippen molar-refractivity contribution in [3.63, 3.8) is 0 Å². The van der Waals surface area contributed by atoms with E-state index in [2.05, 4.69) is 15.9 Å². The number of rotatable bonds is 5. The van der Waals surface area contributed by atoms with Gasteiger partial charge in [0.25, 0.3) is 5.91 Å². The number of hydrogen-bond acceptors (Lipinski definition) is 4. The van der Waals surface area contributed by atoms with E-state index in [4.69, 9.17) is 17.3 Å². The monoisotopic (exact) mass is 403 g/mol. The van der Waals surface area contributed by atoms with Crippen molar-refractivity contribution in [3.05, 3.63) is 39.0 Å². The molecule has 1 aliphatic heterocycles. The quantitative estimate of drug-likeness (QED) is 0.600. The molecule has 0 unspecified atom stereocenters. The van der Waals surface area contributed by atoms with Crippen molar-refractivity contribution in [1.29, 1.82) is 0 Å². The van der Waals surface area contributed by atoms with Gasteiger partial charge in [-0.1, -0.05) is 46.0 Å². The number of carboxylic acids is 1. The van der Waals surface area contributed by atoms with Crippen molar-refractivity contribution in [3.8, 4) is 0 Å². The summed E-state index contributed by atoms with van der Waals surface area (Å²) in [7, 11) is 0. The SMILES string of the molecule is O=C(O)CCCN1C(=O)C(=Cc2ccc(Br)cc2F)SC1=S. The van der Waals surface area contributed by atoms with Crippen molar-refractivity contribution >= 4 is 62.2 Å². The van der Waals surface area contributed by atoms with Crippen LogP contribution >= 0.6 is 39.9 Å². The number of carbonyl (C=O) groups is 2. The predicted octanol–water partition coefficient (Wildman–Crippen LogP) is 3.65. The maximum atomic E-state index is 13.8. The number of halogens is 2. The maximum absolute atomic E-state index is 13.8. The zero-order valence-corrected chi connectivity index (χ0v) is 14.4. The van der Waals surface area contributed by atoms with E-state index >= 15 is 0 Å². The smallest absolute Gasteiger partial charge is 0.303 e. The van der Waals surface area contributed by atoms with Gasteiger partial charge < -0.3 is 5.11 Å². The second-order valence-electron chi connectivity index (χ2n) is 4.50. The maximum Gasteiger partial charge on any atom is 0.303 e. The molecule has 0 atom stereocenters. The van der Waals surface area contributed by atoms with E-state index in [0.717, 1.165) is 11.8 Å². The first kappa shape index (κ1) is 17.1. The minimum absolute atomic E-state index is 0.0303. The Bertz CT molecular complexity index is 678. The van der Waals surface area contributed by atoms with Crippen LogP contribution in [0.1, 0.15) is 18.4 Å². The molecule has 116 valence electrons. The van der Waals surface area contributed by atoms with E-state index in [0.29, 0.717) is 25.7 Å². The summed E-state index contributed by atoms with van der Waals surface area (Å²) in [6.07, 6.45) is 1.75. The van der Waals surface area contributed by atoms with Gasteiger partial charge in [-0.25, -0.2) is 4.39 Å². The Labute approximate surface area is 144 Å². The fourth-order valence-corrected chi connectivity index (χ4v) is 3.47. The van der Waals surface area contributed by atoms with Crippen LogP contribution in [0.25, 0.3) is 6.08 Å². The second kappa shape index (κ2) is 7.34. The van der Waals surface area contributed by atoms with Crippen molar-refractivity contribution in [2.75, 3.05) is 6.54 Å². The van der Waals surface area contributed by atoms with Gasteiger partial charge in [-0.05, 0) is 24.6 Å². The molecule has 1 heterocycles. The lowest BCUT2D eigenvalue weighted by molar-refractivity contribution is -0.137. The van der Waals surface area contributed by atoms with Crippen molar-refractivity contribution in [2.45, 2.75) is 12.8 Å². The van der Waals surface area contributed by atoms with E-state index in [1.807, 2.05) is 0 Å². The van der Waals surface area contributed by atoms with Crippen LogP contribution in [0.5, 0.6) is 0 Å². The van der Waals surface area contributed by atoms with Crippen LogP contribution in [-0.4, -0.2) is 32.7 Å². The van der Waals surface area contributed by atoms with Crippen molar-refractivity contribution in [1.82, 2.24) is 4.90 Å². The molecule has 1 fully saturated rings. The largest absolute Gasteiger partial charge is 0.481 e. The van der Waals surface area contributed by atoms with E-state index < -0.39 is 11.8 Å². The van der Waals surface area contributed by atoms with Crippen LogP contribution in [-0.2, 0) is 9.59 Å². The zero-order valence-electron chi connectivity index (χ0n) is 11.2. The van der Waals surface area contributed by atoms with E-state index in [9.17, 15) is 14.0 Å². The highest BCUT2D eigenvalue weighted by molar-refractivity contribution is 9.10. The average molecular weight is 404 g/mol. The van der Waals surface area contributed by atoms with Crippen LogP contribution in [0.2, 0.25) is 0 Å². The highest BCUT2D eigenvalue weighted by atomic mass is 79.9. The lowest BCUT2D eigenvalue weighted by Crippen LogP contribution is -2.29. The Kier molecular flexibility index (Phi) is 5.71. The normalized spacial score (nSPS) is 16.6. The van der Waals surface area contributed by atoms with Gasteiger partial charge in [-0.2, -0.15) is 0 Å². The zero-order chi connectivity index (χ0) is 16.3. The third kappa shape index (κ3) is 4.15. The summed E-state index contributed by atoms with van der Waals surface area (Å²) < 4.78 is 14.8. The minimum atomic E-state index is -0.919. The first-order valence-electron chi connectivity index (χ1n) is 6.30. The number of nitrogens with zero attached hydrogens (tertiary/aromatic N) is 1. The topological polar surface area (TPSA) is 57.6 Å². The van der Waals surface area contributed by atoms with E-state index in [-0.39, 0.29) is 18.9 Å². The average Bonchev–Trinajstić information content (AvgIpc) is 2.69. The molecule has 0 saturated carbocycles. The standard InChI is InChI=1S/C14H11BrFNO3S2/c15-9-4-3-8(10(16)7-9)6-11-13(20)17(14(21)22-11)5-1-2-12(18)19/h3-4,6-7H,1-2,5H2,(H,18,19). The van der Waals surface area contributed by atoms with Gasteiger partial charge >= 0.3 is 5.97 Å².